The van der Waals surface area contributed by atoms with Crippen LogP contribution < -0.4 is 4.90 Å². The molecule has 0 spiro atoms. The van der Waals surface area contributed by atoms with Crippen molar-refractivity contribution in [3.05, 3.63) is 90.2 Å². The van der Waals surface area contributed by atoms with E-state index in [0.717, 1.165) is 69.3 Å². The van der Waals surface area contributed by atoms with E-state index in [1.807, 2.05) is 28.7 Å². The van der Waals surface area contributed by atoms with E-state index in [-0.39, 0.29) is 5.82 Å². The van der Waals surface area contributed by atoms with Crippen molar-refractivity contribution < 1.29 is 4.39 Å². The highest BCUT2D eigenvalue weighted by molar-refractivity contribution is 7.31. The molecule has 0 amide bonds. The summed E-state index contributed by atoms with van der Waals surface area (Å²) in [4.78, 5) is 7.21. The second-order valence-corrected chi connectivity index (χ2v) is 20.9. The number of halogens is 1. The monoisotopic (exact) mass is 891 g/mol. The van der Waals surface area contributed by atoms with E-state index in [1.54, 1.807) is 17.4 Å². The largest absolute Gasteiger partial charge is 0.372 e. The quantitative estimate of drug-likeness (QED) is 0.0507. The molecule has 0 radical (unpaired) electrons. The predicted octanol–water partition coefficient (Wildman–Crippen LogP) is 18.5. The summed E-state index contributed by atoms with van der Waals surface area (Å²) in [6.45, 7) is 11.4. The molecule has 0 fully saturated rings. The topological polar surface area (TPSA) is 29.0 Å². The van der Waals surface area contributed by atoms with E-state index in [0.29, 0.717) is 5.56 Å². The van der Waals surface area contributed by atoms with Gasteiger partial charge in [-0.05, 0) is 85.2 Å². The number of benzene rings is 3. The molecule has 0 aliphatic carbocycles. The van der Waals surface area contributed by atoms with Crippen LogP contribution in [0.1, 0.15) is 142 Å². The fourth-order valence-corrected chi connectivity index (χ4v) is 12.8. The third-order valence-electron chi connectivity index (χ3n) is 12.5. The van der Waals surface area contributed by atoms with Crippen molar-refractivity contribution in [2.24, 2.45) is 5.92 Å². The van der Waals surface area contributed by atoms with E-state index in [1.165, 1.54) is 145 Å². The van der Waals surface area contributed by atoms with Gasteiger partial charge in [-0.2, -0.15) is 8.75 Å². The number of aromatic nitrogens is 2. The van der Waals surface area contributed by atoms with Crippen LogP contribution >= 0.6 is 45.7 Å². The lowest BCUT2D eigenvalue weighted by molar-refractivity contribution is 0.421. The van der Waals surface area contributed by atoms with Crippen LogP contribution in [0.15, 0.2) is 78.9 Å². The van der Waals surface area contributed by atoms with Gasteiger partial charge in [-0.3, -0.25) is 0 Å². The van der Waals surface area contributed by atoms with Crippen LogP contribution in [0.2, 0.25) is 0 Å². The average molecular weight is 892 g/mol. The zero-order valence-electron chi connectivity index (χ0n) is 37.1. The predicted molar refractivity (Wildman–Crippen MR) is 271 cm³/mol. The van der Waals surface area contributed by atoms with Gasteiger partial charge >= 0.3 is 0 Å². The molecular formula is C53H66FN3S4. The van der Waals surface area contributed by atoms with E-state index in [2.05, 4.69) is 99.3 Å². The van der Waals surface area contributed by atoms with Crippen LogP contribution in [-0.2, 0) is 6.42 Å². The molecule has 0 aliphatic rings. The summed E-state index contributed by atoms with van der Waals surface area (Å²) in [7, 11) is 0. The van der Waals surface area contributed by atoms with E-state index in [9.17, 15) is 0 Å². The Morgan fingerprint density at radius 3 is 1.70 bits per heavy atom. The zero-order chi connectivity index (χ0) is 42.4. The molecule has 1 atom stereocenters. The molecule has 0 saturated heterocycles. The highest BCUT2D eigenvalue weighted by atomic mass is 32.1. The number of rotatable bonds is 26. The third kappa shape index (κ3) is 12.0. The number of nitrogens with zero attached hydrogens (tertiary/aromatic N) is 3. The summed E-state index contributed by atoms with van der Waals surface area (Å²) in [5.41, 5.74) is 8.46. The number of hydrogen-bond acceptors (Lipinski definition) is 7. The minimum atomic E-state index is -0.134. The molecule has 0 aliphatic heterocycles. The number of anilines is 1. The van der Waals surface area contributed by atoms with Gasteiger partial charge in [-0.25, -0.2) is 4.39 Å². The molecule has 7 aromatic rings. The second kappa shape index (κ2) is 23.3. The Morgan fingerprint density at radius 1 is 0.525 bits per heavy atom. The SMILES string of the molecule is CCCCCCCCN(CCCCCCCC)c1ccc(-c2cc3sc(-c4ccc(-c5ccc(-c6ccc(CCC(CC)CCCC)cc6F)s5)c5nsnc45)cc3s2)cc1. The molecule has 3 nitrogen and oxygen atoms in total. The minimum Gasteiger partial charge on any atom is -0.372 e. The summed E-state index contributed by atoms with van der Waals surface area (Å²) in [6.07, 6.45) is 23.1. The van der Waals surface area contributed by atoms with Gasteiger partial charge in [0.05, 0.1) is 11.7 Å². The van der Waals surface area contributed by atoms with Crippen molar-refractivity contribution >= 4 is 71.9 Å². The second-order valence-electron chi connectivity index (χ2n) is 17.1. The molecule has 8 heteroatoms. The van der Waals surface area contributed by atoms with Crippen LogP contribution in [-0.4, -0.2) is 21.8 Å². The fourth-order valence-electron chi connectivity index (χ4n) is 8.70. The van der Waals surface area contributed by atoms with Crippen molar-refractivity contribution in [1.29, 1.82) is 0 Å². The van der Waals surface area contributed by atoms with Gasteiger partial charge in [0.2, 0.25) is 0 Å². The summed E-state index contributed by atoms with van der Waals surface area (Å²) < 4.78 is 27.8. The van der Waals surface area contributed by atoms with Crippen molar-refractivity contribution in [1.82, 2.24) is 8.75 Å². The molecule has 7 rings (SSSR count). The highest BCUT2D eigenvalue weighted by Gasteiger charge is 2.19. The van der Waals surface area contributed by atoms with Crippen molar-refractivity contribution in [3.63, 3.8) is 0 Å². The van der Waals surface area contributed by atoms with Gasteiger partial charge in [-0.15, -0.1) is 34.0 Å². The maximum Gasteiger partial charge on any atom is 0.132 e. The molecular weight excluding hydrogens is 826 g/mol. The van der Waals surface area contributed by atoms with Crippen LogP contribution in [0.4, 0.5) is 10.1 Å². The normalized spacial score (nSPS) is 12.3. The summed E-state index contributed by atoms with van der Waals surface area (Å²) in [5, 5.41) is 0. The van der Waals surface area contributed by atoms with Crippen LogP contribution in [0.5, 0.6) is 0 Å². The maximum atomic E-state index is 15.6. The Morgan fingerprint density at radius 2 is 1.08 bits per heavy atom. The number of fused-ring (bicyclic) bond motifs is 2. The number of unbranched alkanes of at least 4 members (excludes halogenated alkanes) is 11. The number of aryl methyl sites for hydroxylation is 1. The molecule has 0 saturated carbocycles. The zero-order valence-corrected chi connectivity index (χ0v) is 40.3. The van der Waals surface area contributed by atoms with Gasteiger partial charge in [-0.1, -0.05) is 154 Å². The van der Waals surface area contributed by atoms with Gasteiger partial charge in [0.15, 0.2) is 0 Å². The molecule has 3 aromatic carbocycles. The first-order chi connectivity index (χ1) is 30.0. The van der Waals surface area contributed by atoms with Crippen molar-refractivity contribution in [2.75, 3.05) is 18.0 Å². The minimum absolute atomic E-state index is 0.134. The maximum absolute atomic E-state index is 15.6. The standard InChI is InChI=1S/C53H66FN3S4/c1-5-9-12-14-16-18-33-57(34-19-17-15-13-10-6-2)41-26-24-40(25-27-41)48-36-50-51(59-48)37-49(60-50)44-30-29-43(52-53(44)56-61-55-52)47-32-31-46(58-47)42-28-23-39(35-45(42)54)22-21-38(8-4)20-11-7-3/h23-32,35-38H,5-22,33-34H2,1-4H3. The highest BCUT2D eigenvalue weighted by Crippen LogP contribution is 2.45. The Kier molecular flexibility index (Phi) is 17.4. The van der Waals surface area contributed by atoms with E-state index < -0.39 is 0 Å². The molecule has 0 N–H and O–H groups in total. The van der Waals surface area contributed by atoms with E-state index in [4.69, 9.17) is 8.75 Å². The molecule has 4 aromatic heterocycles. The Balaban J connectivity index is 1.02. The lowest BCUT2D eigenvalue weighted by Crippen LogP contribution is -2.25. The Labute approximate surface area is 381 Å². The van der Waals surface area contributed by atoms with Crippen LogP contribution in [0.25, 0.3) is 62.2 Å². The number of thiophene rings is 3. The lowest BCUT2D eigenvalue weighted by atomic mass is 9.92. The van der Waals surface area contributed by atoms with Gasteiger partial charge in [0.1, 0.15) is 16.9 Å². The smallest absolute Gasteiger partial charge is 0.132 e. The van der Waals surface area contributed by atoms with Gasteiger partial charge < -0.3 is 4.90 Å². The summed E-state index contributed by atoms with van der Waals surface area (Å²) >= 11 is 6.61. The lowest BCUT2D eigenvalue weighted by Gasteiger charge is -2.25. The Bertz CT molecular complexity index is 2340. The average Bonchev–Trinajstić information content (AvgIpc) is 4.11. The molecule has 324 valence electrons. The first kappa shape index (κ1) is 45.6. The van der Waals surface area contributed by atoms with Crippen molar-refractivity contribution in [3.8, 4) is 41.8 Å². The third-order valence-corrected chi connectivity index (χ3v) is 16.6. The summed E-state index contributed by atoms with van der Waals surface area (Å²) in [5.74, 6) is 0.588. The number of hydrogen-bond donors (Lipinski definition) is 0. The summed E-state index contributed by atoms with van der Waals surface area (Å²) in [6, 6.07) is 28.5. The molecule has 0 bridgehead atoms. The van der Waals surface area contributed by atoms with Gasteiger partial charge in [0, 0.05) is 64.4 Å². The van der Waals surface area contributed by atoms with Gasteiger partial charge in [0.25, 0.3) is 0 Å². The fraction of sp³-hybridized carbons (Fsp3) is 0.472. The molecule has 4 heterocycles. The molecule has 61 heavy (non-hydrogen) atoms. The molecule has 1 unspecified atom stereocenters. The first-order valence-electron chi connectivity index (χ1n) is 23.5. The van der Waals surface area contributed by atoms with Crippen LogP contribution in [0.3, 0.4) is 0 Å². The Hall–Kier alpha value is -3.43. The first-order valence-corrected chi connectivity index (χ1v) is 26.7. The van der Waals surface area contributed by atoms with Crippen molar-refractivity contribution in [2.45, 2.75) is 143 Å². The van der Waals surface area contributed by atoms with E-state index >= 15 is 4.39 Å². The van der Waals surface area contributed by atoms with Crippen LogP contribution in [0, 0.1) is 11.7 Å².